The number of hydrogen-bond donors (Lipinski definition) is 2. The number of aromatic nitrogens is 2. The van der Waals surface area contributed by atoms with Crippen molar-refractivity contribution < 1.29 is 4.74 Å². The van der Waals surface area contributed by atoms with Crippen LogP contribution in [0.1, 0.15) is 36.5 Å². The molecule has 0 saturated heterocycles. The van der Waals surface area contributed by atoms with Crippen LogP contribution in [-0.2, 0) is 0 Å². The third-order valence-electron chi connectivity index (χ3n) is 4.37. The second kappa shape index (κ2) is 10.0. The lowest BCUT2D eigenvalue weighted by atomic mass is 10.1. The van der Waals surface area contributed by atoms with Gasteiger partial charge >= 0.3 is 0 Å². The highest BCUT2D eigenvalue weighted by Gasteiger charge is 2.12. The van der Waals surface area contributed by atoms with E-state index >= 15 is 0 Å². The van der Waals surface area contributed by atoms with E-state index in [4.69, 9.17) is 4.74 Å². The zero-order chi connectivity index (χ0) is 21.3. The van der Waals surface area contributed by atoms with E-state index in [-0.39, 0.29) is 11.5 Å². The lowest BCUT2D eigenvalue weighted by molar-refractivity contribution is 0.309. The van der Waals surface area contributed by atoms with Crippen LogP contribution >= 0.6 is 0 Å². The van der Waals surface area contributed by atoms with Crippen molar-refractivity contribution >= 4 is 12.2 Å². The molecule has 1 aromatic heterocycles. The number of nitrogens with one attached hydrogen (secondary N) is 2. The molecule has 1 heterocycles. The van der Waals surface area contributed by atoms with Crippen LogP contribution in [-0.4, -0.2) is 22.8 Å². The Morgan fingerprint density at radius 3 is 2.80 bits per heavy atom. The Morgan fingerprint density at radius 1 is 1.27 bits per heavy atom. The standard InChI is InChI=1S/C23H23N5O2/c1-3-4-12-30-20-11-10-16(2)13-18(20)15-25-28-23-26-21(17-8-6-5-7-9-17)19(14-24)22(29)27-23/h5-11,13,15H,3-4,12H2,1-2H3,(H2,26,27,28,29). The van der Waals surface area contributed by atoms with Gasteiger partial charge in [0.25, 0.3) is 5.56 Å². The fourth-order valence-electron chi connectivity index (χ4n) is 2.82. The Balaban J connectivity index is 1.85. The smallest absolute Gasteiger partial charge is 0.270 e. The summed E-state index contributed by atoms with van der Waals surface area (Å²) in [5.74, 6) is 0.890. The van der Waals surface area contributed by atoms with Crippen molar-refractivity contribution in [3.05, 3.63) is 75.6 Å². The summed E-state index contributed by atoms with van der Waals surface area (Å²) in [7, 11) is 0. The molecule has 0 saturated carbocycles. The van der Waals surface area contributed by atoms with E-state index in [1.807, 2.05) is 49.4 Å². The lowest BCUT2D eigenvalue weighted by Gasteiger charge is -2.09. The lowest BCUT2D eigenvalue weighted by Crippen LogP contribution is -2.16. The van der Waals surface area contributed by atoms with Crippen molar-refractivity contribution in [2.24, 2.45) is 5.10 Å². The van der Waals surface area contributed by atoms with Gasteiger partial charge in [0.15, 0.2) is 0 Å². The molecule has 7 nitrogen and oxygen atoms in total. The first-order chi connectivity index (χ1) is 14.6. The van der Waals surface area contributed by atoms with Crippen LogP contribution in [0.3, 0.4) is 0 Å². The average Bonchev–Trinajstić information content (AvgIpc) is 2.75. The zero-order valence-corrected chi connectivity index (χ0v) is 17.0. The van der Waals surface area contributed by atoms with E-state index in [1.54, 1.807) is 18.3 Å². The van der Waals surface area contributed by atoms with Crippen LogP contribution in [0.5, 0.6) is 5.75 Å². The molecular weight excluding hydrogens is 378 g/mol. The third kappa shape index (κ3) is 5.11. The minimum absolute atomic E-state index is 0.0407. The highest BCUT2D eigenvalue weighted by Crippen LogP contribution is 2.20. The Morgan fingerprint density at radius 2 is 2.07 bits per heavy atom. The second-order valence-electron chi connectivity index (χ2n) is 6.73. The fraction of sp³-hybridized carbons (Fsp3) is 0.217. The molecule has 0 amide bonds. The predicted molar refractivity (Wildman–Crippen MR) is 118 cm³/mol. The number of rotatable bonds is 8. The van der Waals surface area contributed by atoms with E-state index in [2.05, 4.69) is 27.4 Å². The monoisotopic (exact) mass is 401 g/mol. The maximum Gasteiger partial charge on any atom is 0.270 e. The Kier molecular flexibility index (Phi) is 6.95. The van der Waals surface area contributed by atoms with Crippen LogP contribution in [0.2, 0.25) is 0 Å². The van der Waals surface area contributed by atoms with Crippen LogP contribution < -0.4 is 15.7 Å². The van der Waals surface area contributed by atoms with E-state index in [0.717, 1.165) is 29.7 Å². The van der Waals surface area contributed by atoms with Gasteiger partial charge in [-0.1, -0.05) is 55.3 Å². The van der Waals surface area contributed by atoms with Gasteiger partial charge in [0, 0.05) is 11.1 Å². The fourth-order valence-corrected chi connectivity index (χ4v) is 2.82. The van der Waals surface area contributed by atoms with E-state index in [0.29, 0.717) is 17.9 Å². The molecule has 0 radical (unpaired) electrons. The van der Waals surface area contributed by atoms with Gasteiger partial charge in [-0.15, -0.1) is 0 Å². The zero-order valence-electron chi connectivity index (χ0n) is 17.0. The van der Waals surface area contributed by atoms with Gasteiger partial charge in [0.2, 0.25) is 5.95 Å². The summed E-state index contributed by atoms with van der Waals surface area (Å²) < 4.78 is 5.83. The van der Waals surface area contributed by atoms with Crippen LogP contribution in [0, 0.1) is 18.3 Å². The summed E-state index contributed by atoms with van der Waals surface area (Å²) in [6, 6.07) is 16.9. The maximum atomic E-state index is 12.3. The summed E-state index contributed by atoms with van der Waals surface area (Å²) in [5, 5.41) is 13.6. The maximum absolute atomic E-state index is 12.3. The van der Waals surface area contributed by atoms with E-state index < -0.39 is 5.56 Å². The van der Waals surface area contributed by atoms with Crippen molar-refractivity contribution in [3.63, 3.8) is 0 Å². The highest BCUT2D eigenvalue weighted by atomic mass is 16.5. The number of anilines is 1. The summed E-state index contributed by atoms with van der Waals surface area (Å²) in [6.07, 6.45) is 3.65. The Bertz CT molecular complexity index is 1130. The molecule has 0 unspecified atom stereocenters. The first kappa shape index (κ1) is 20.8. The molecule has 152 valence electrons. The predicted octanol–water partition coefficient (Wildman–Crippen LogP) is 4.24. The van der Waals surface area contributed by atoms with Gasteiger partial charge in [-0.2, -0.15) is 10.4 Å². The number of nitriles is 1. The van der Waals surface area contributed by atoms with E-state index in [1.165, 1.54) is 0 Å². The summed E-state index contributed by atoms with van der Waals surface area (Å²) in [6.45, 7) is 4.74. The van der Waals surface area contributed by atoms with Crippen molar-refractivity contribution in [2.75, 3.05) is 12.0 Å². The molecule has 30 heavy (non-hydrogen) atoms. The molecule has 2 aromatic carbocycles. The number of unbranched alkanes of at least 4 members (excludes halogenated alkanes) is 1. The molecule has 0 fully saturated rings. The number of ether oxygens (including phenoxy) is 1. The van der Waals surface area contributed by atoms with Gasteiger partial charge in [-0.3, -0.25) is 9.78 Å². The summed E-state index contributed by atoms with van der Waals surface area (Å²) in [4.78, 5) is 19.2. The van der Waals surface area contributed by atoms with Gasteiger partial charge in [-0.05, 0) is 25.5 Å². The molecular formula is C23H23N5O2. The summed E-state index contributed by atoms with van der Waals surface area (Å²) in [5.41, 5.74) is 5.06. The third-order valence-corrected chi connectivity index (χ3v) is 4.37. The topological polar surface area (TPSA) is 103 Å². The molecule has 0 aliphatic heterocycles. The molecule has 0 aliphatic rings. The largest absolute Gasteiger partial charge is 0.493 e. The number of hydrogen-bond acceptors (Lipinski definition) is 6. The normalized spacial score (nSPS) is 10.7. The van der Waals surface area contributed by atoms with E-state index in [9.17, 15) is 10.1 Å². The van der Waals surface area contributed by atoms with Gasteiger partial charge in [0.05, 0.1) is 18.5 Å². The average molecular weight is 401 g/mol. The highest BCUT2D eigenvalue weighted by molar-refractivity contribution is 5.84. The molecule has 0 bridgehead atoms. The molecule has 0 atom stereocenters. The molecule has 7 heteroatoms. The van der Waals surface area contributed by atoms with Crippen molar-refractivity contribution in [1.82, 2.24) is 9.97 Å². The van der Waals surface area contributed by atoms with Crippen molar-refractivity contribution in [1.29, 1.82) is 5.26 Å². The Hall–Kier alpha value is -3.92. The number of hydrazone groups is 1. The van der Waals surface area contributed by atoms with Gasteiger partial charge < -0.3 is 4.74 Å². The van der Waals surface area contributed by atoms with Crippen LogP contribution in [0.4, 0.5) is 5.95 Å². The van der Waals surface area contributed by atoms with Crippen molar-refractivity contribution in [2.45, 2.75) is 26.7 Å². The molecule has 0 aliphatic carbocycles. The molecule has 3 aromatic rings. The first-order valence-corrected chi connectivity index (χ1v) is 9.74. The SMILES string of the molecule is CCCCOc1ccc(C)cc1C=NNc1nc(-c2ccccc2)c(C#N)c(=O)[nH]1. The summed E-state index contributed by atoms with van der Waals surface area (Å²) >= 11 is 0. The van der Waals surface area contributed by atoms with Crippen molar-refractivity contribution in [3.8, 4) is 23.1 Å². The number of benzene rings is 2. The molecule has 0 spiro atoms. The molecule has 2 N–H and O–H groups in total. The number of aryl methyl sites for hydroxylation is 1. The van der Waals surface area contributed by atoms with Gasteiger partial charge in [-0.25, -0.2) is 10.4 Å². The van der Waals surface area contributed by atoms with Crippen LogP contribution in [0.15, 0.2) is 58.4 Å². The number of H-pyrrole nitrogens is 1. The second-order valence-corrected chi connectivity index (χ2v) is 6.73. The molecule has 3 rings (SSSR count). The number of nitrogens with zero attached hydrogens (tertiary/aromatic N) is 3. The quantitative estimate of drug-likeness (QED) is 0.334. The minimum atomic E-state index is -0.525. The Labute approximate surface area is 175 Å². The number of aromatic amines is 1. The van der Waals surface area contributed by atoms with Crippen LogP contribution in [0.25, 0.3) is 11.3 Å². The first-order valence-electron chi connectivity index (χ1n) is 9.74. The minimum Gasteiger partial charge on any atom is -0.493 e. The van der Waals surface area contributed by atoms with Gasteiger partial charge in [0.1, 0.15) is 17.4 Å².